The Balaban J connectivity index is 1.54. The molecule has 172 valence electrons. The molecule has 4 aliphatic rings. The molecule has 7 nitrogen and oxygen atoms in total. The second kappa shape index (κ2) is 8.06. The van der Waals surface area contributed by atoms with Crippen molar-refractivity contribution in [3.05, 3.63) is 35.9 Å². The Labute approximate surface area is 179 Å². The van der Waals surface area contributed by atoms with E-state index in [2.05, 4.69) is 0 Å². The van der Waals surface area contributed by atoms with Gasteiger partial charge in [0, 0.05) is 5.41 Å². The maximum atomic E-state index is 13.6. The van der Waals surface area contributed by atoms with E-state index in [0.29, 0.717) is 24.3 Å². The minimum Gasteiger partial charge on any atom is -0.456 e. The maximum Gasteiger partial charge on any atom is 0.392 e. The zero-order valence-electron chi connectivity index (χ0n) is 16.8. The summed E-state index contributed by atoms with van der Waals surface area (Å²) in [6, 6.07) is 8.26. The van der Waals surface area contributed by atoms with Crippen LogP contribution in [-0.2, 0) is 19.6 Å². The van der Waals surface area contributed by atoms with Crippen molar-refractivity contribution in [2.24, 2.45) is 23.2 Å². The lowest BCUT2D eigenvalue weighted by Gasteiger charge is -2.60. The van der Waals surface area contributed by atoms with Gasteiger partial charge in [0.25, 0.3) is 0 Å². The van der Waals surface area contributed by atoms with Gasteiger partial charge in [0.1, 0.15) is 12.7 Å². The minimum atomic E-state index is -5.62. The van der Waals surface area contributed by atoms with Crippen LogP contribution in [0.5, 0.6) is 0 Å². The quantitative estimate of drug-likeness (QED) is 0.453. The molecule has 3 unspecified atom stereocenters. The first-order valence-electron chi connectivity index (χ1n) is 10.4. The predicted molar refractivity (Wildman–Crippen MR) is 105 cm³/mol. The molecular weight excluding hydrogens is 434 g/mol. The molecule has 1 aromatic carbocycles. The molecule has 4 saturated carbocycles. The van der Waals surface area contributed by atoms with Crippen LogP contribution in [0.4, 0.5) is 8.78 Å². The summed E-state index contributed by atoms with van der Waals surface area (Å²) in [5, 5.41) is 6.06. The van der Waals surface area contributed by atoms with Crippen LogP contribution in [0.25, 0.3) is 0 Å². The number of hydrogen-bond donors (Lipinski definition) is 2. The first-order valence-corrected chi connectivity index (χ1v) is 11.8. The van der Waals surface area contributed by atoms with Crippen molar-refractivity contribution >= 4 is 16.1 Å². The summed E-state index contributed by atoms with van der Waals surface area (Å²) in [7, 11) is -5.62. The molecule has 4 fully saturated rings. The molecule has 0 aromatic heterocycles. The molecule has 3 atom stereocenters. The smallest absolute Gasteiger partial charge is 0.392 e. The normalized spacial score (nSPS) is 33.3. The van der Waals surface area contributed by atoms with E-state index in [-0.39, 0.29) is 11.8 Å². The summed E-state index contributed by atoms with van der Waals surface area (Å²) in [6.07, 6.45) is 2.40. The van der Waals surface area contributed by atoms with E-state index in [0.717, 1.165) is 19.3 Å². The first-order chi connectivity index (χ1) is 14.5. The van der Waals surface area contributed by atoms with Crippen molar-refractivity contribution in [3.8, 4) is 0 Å². The molecule has 0 saturated heterocycles. The molecule has 4 bridgehead atoms. The second-order valence-corrected chi connectivity index (χ2v) is 10.8. The maximum absolute atomic E-state index is 13.6. The summed E-state index contributed by atoms with van der Waals surface area (Å²) >= 11 is 0. The molecule has 0 aliphatic heterocycles. The van der Waals surface area contributed by atoms with E-state index in [9.17, 15) is 27.1 Å². The molecule has 31 heavy (non-hydrogen) atoms. The SMILES string of the molecule is O=C(OC(COCC(F)(F)S(=O)(=O)O)C12CC3CC(C1)C(O)C(C3)C2)c1ccccc1. The van der Waals surface area contributed by atoms with E-state index >= 15 is 0 Å². The monoisotopic (exact) mass is 460 g/mol. The second-order valence-electron chi connectivity index (χ2n) is 9.21. The van der Waals surface area contributed by atoms with E-state index in [1.54, 1.807) is 30.3 Å². The first kappa shape index (κ1) is 22.6. The Morgan fingerprint density at radius 1 is 1.16 bits per heavy atom. The largest absolute Gasteiger partial charge is 0.456 e. The average molecular weight is 460 g/mol. The highest BCUT2D eigenvalue weighted by molar-refractivity contribution is 7.86. The highest BCUT2D eigenvalue weighted by atomic mass is 32.2. The summed E-state index contributed by atoms with van der Waals surface area (Å²) in [5.74, 6) is -0.142. The number of rotatable bonds is 8. The third-order valence-electron chi connectivity index (χ3n) is 7.13. The molecule has 10 heteroatoms. The Morgan fingerprint density at radius 3 is 2.35 bits per heavy atom. The van der Waals surface area contributed by atoms with E-state index in [4.69, 9.17) is 14.0 Å². The predicted octanol–water partition coefficient (Wildman–Crippen LogP) is 2.90. The summed E-state index contributed by atoms with van der Waals surface area (Å²) in [5.41, 5.74) is -0.214. The van der Waals surface area contributed by atoms with Crippen molar-refractivity contribution in [2.45, 2.75) is 49.6 Å². The fourth-order valence-corrected chi connectivity index (χ4v) is 6.15. The highest BCUT2D eigenvalue weighted by Gasteiger charge is 2.59. The zero-order valence-corrected chi connectivity index (χ0v) is 17.6. The Morgan fingerprint density at radius 2 is 1.77 bits per heavy atom. The van der Waals surface area contributed by atoms with Crippen LogP contribution in [0.3, 0.4) is 0 Å². The van der Waals surface area contributed by atoms with Crippen LogP contribution in [0.1, 0.15) is 42.5 Å². The number of ether oxygens (including phenoxy) is 2. The molecular formula is C21H26F2O7S. The lowest BCUT2D eigenvalue weighted by Crippen LogP contribution is -2.59. The number of esters is 1. The van der Waals surface area contributed by atoms with Crippen molar-refractivity contribution in [2.75, 3.05) is 13.2 Å². The average Bonchev–Trinajstić information content (AvgIpc) is 2.70. The number of benzene rings is 1. The van der Waals surface area contributed by atoms with Crippen LogP contribution in [0, 0.1) is 23.2 Å². The fraction of sp³-hybridized carbons (Fsp3) is 0.667. The molecule has 1 aromatic rings. The molecule has 4 aliphatic carbocycles. The van der Waals surface area contributed by atoms with Crippen LogP contribution in [-0.4, -0.2) is 54.7 Å². The van der Waals surface area contributed by atoms with E-state index in [1.165, 1.54) is 0 Å². The number of aliphatic hydroxyl groups is 1. The Bertz CT molecular complexity index is 905. The minimum absolute atomic E-state index is 0.0587. The van der Waals surface area contributed by atoms with Gasteiger partial charge in [0.2, 0.25) is 0 Å². The van der Waals surface area contributed by atoms with Gasteiger partial charge >= 0.3 is 21.3 Å². The Hall–Kier alpha value is -1.62. The number of aliphatic hydroxyl groups excluding tert-OH is 1. The van der Waals surface area contributed by atoms with Crippen molar-refractivity contribution < 1.29 is 41.1 Å². The van der Waals surface area contributed by atoms with Gasteiger partial charge in [-0.15, -0.1) is 0 Å². The molecule has 0 spiro atoms. The van der Waals surface area contributed by atoms with Crippen molar-refractivity contribution in [1.82, 2.24) is 0 Å². The lowest BCUT2D eigenvalue weighted by molar-refractivity contribution is -0.185. The third-order valence-corrected chi connectivity index (χ3v) is 8.00. The number of alkyl halides is 2. The molecule has 0 radical (unpaired) electrons. The topological polar surface area (TPSA) is 110 Å². The van der Waals surface area contributed by atoms with Crippen LogP contribution < -0.4 is 0 Å². The standard InChI is InChI=1S/C21H26F2O7S/c22-21(23,31(26,27)28)12-29-11-17(30-19(25)14-4-2-1-3-5-14)20-8-13-6-15(9-20)18(24)16(7-13)10-20/h1-5,13,15-18,24H,6-12H2,(H,26,27,28). The van der Waals surface area contributed by atoms with Crippen LogP contribution >= 0.6 is 0 Å². The molecule has 5 rings (SSSR count). The van der Waals surface area contributed by atoms with Gasteiger partial charge in [-0.1, -0.05) is 18.2 Å². The van der Waals surface area contributed by atoms with Gasteiger partial charge in [-0.2, -0.15) is 17.2 Å². The summed E-state index contributed by atoms with van der Waals surface area (Å²) in [4.78, 5) is 12.7. The van der Waals surface area contributed by atoms with Crippen molar-refractivity contribution in [3.63, 3.8) is 0 Å². The van der Waals surface area contributed by atoms with Crippen LogP contribution in [0.2, 0.25) is 0 Å². The third kappa shape index (κ3) is 4.35. The van der Waals surface area contributed by atoms with Gasteiger partial charge < -0.3 is 14.6 Å². The number of hydrogen-bond acceptors (Lipinski definition) is 6. The van der Waals surface area contributed by atoms with Gasteiger partial charge in [0.05, 0.1) is 18.3 Å². The molecule has 0 amide bonds. The number of carbonyl (C=O) groups excluding carboxylic acids is 1. The number of carbonyl (C=O) groups is 1. The summed E-state index contributed by atoms with van der Waals surface area (Å²) < 4.78 is 68.4. The van der Waals surface area contributed by atoms with Crippen molar-refractivity contribution in [1.29, 1.82) is 0 Å². The molecule has 0 heterocycles. The van der Waals surface area contributed by atoms with E-state index < -0.39 is 52.2 Å². The number of halogens is 2. The van der Waals surface area contributed by atoms with Crippen LogP contribution in [0.15, 0.2) is 30.3 Å². The lowest BCUT2D eigenvalue weighted by atomic mass is 9.47. The van der Waals surface area contributed by atoms with Gasteiger partial charge in [-0.25, -0.2) is 4.79 Å². The Kier molecular flexibility index (Phi) is 5.87. The molecule has 2 N–H and O–H groups in total. The highest BCUT2D eigenvalue weighted by Crippen LogP contribution is 2.61. The zero-order chi connectivity index (χ0) is 22.4. The van der Waals surface area contributed by atoms with Gasteiger partial charge in [-0.05, 0) is 62.0 Å². The van der Waals surface area contributed by atoms with Gasteiger partial charge in [0.15, 0.2) is 0 Å². The van der Waals surface area contributed by atoms with E-state index in [1.807, 2.05) is 0 Å². The fourth-order valence-electron chi connectivity index (χ4n) is 5.92. The van der Waals surface area contributed by atoms with Gasteiger partial charge in [-0.3, -0.25) is 4.55 Å². The summed E-state index contributed by atoms with van der Waals surface area (Å²) in [6.45, 7) is -1.97.